The van der Waals surface area contributed by atoms with Gasteiger partial charge in [0.1, 0.15) is 19.0 Å². The number of nitrogens with zero attached hydrogens (tertiary/aromatic N) is 1. The van der Waals surface area contributed by atoms with Gasteiger partial charge in [0.05, 0.1) is 24.7 Å². The maximum atomic E-state index is 14.0. The monoisotopic (exact) mass is 618 g/mol. The molecule has 1 aliphatic carbocycles. The normalized spacial score (nSPS) is 17.9. The van der Waals surface area contributed by atoms with E-state index in [4.69, 9.17) is 30.5 Å². The summed E-state index contributed by atoms with van der Waals surface area (Å²) in [7, 11) is 3.10. The zero-order valence-electron chi connectivity index (χ0n) is 24.4. The zero-order valence-corrected chi connectivity index (χ0v) is 25.2. The van der Waals surface area contributed by atoms with Crippen molar-refractivity contribution in [2.45, 2.75) is 31.6 Å². The van der Waals surface area contributed by atoms with Crippen LogP contribution in [0.4, 0.5) is 5.69 Å². The van der Waals surface area contributed by atoms with Crippen LogP contribution in [-0.4, -0.2) is 44.1 Å². The van der Waals surface area contributed by atoms with Crippen LogP contribution in [0.25, 0.3) is 0 Å². The van der Waals surface area contributed by atoms with Gasteiger partial charge in [0.2, 0.25) is 0 Å². The van der Waals surface area contributed by atoms with Crippen molar-refractivity contribution >= 4 is 29.0 Å². The summed E-state index contributed by atoms with van der Waals surface area (Å²) in [5.74, 6) is -0.299. The van der Waals surface area contributed by atoms with E-state index < -0.39 is 16.8 Å². The molecule has 1 heterocycles. The molecule has 0 aromatic heterocycles. The van der Waals surface area contributed by atoms with Gasteiger partial charge in [-0.25, -0.2) is 4.79 Å². The maximum Gasteiger partial charge on any atom is 0.336 e. The molecule has 0 fully saturated rings. The van der Waals surface area contributed by atoms with E-state index >= 15 is 0 Å². The Morgan fingerprint density at radius 1 is 1.00 bits per heavy atom. The van der Waals surface area contributed by atoms with Gasteiger partial charge in [0.25, 0.3) is 5.69 Å². The van der Waals surface area contributed by atoms with E-state index in [1.165, 1.54) is 18.2 Å². The molecular formula is C33H31ClN2O8. The SMILES string of the molecule is COc1ccc(C2CC(=O)C3=C(C2)NC(C)=C(C(=O)OCCOc2ccccc2)C3c2cc([N+](=O)[O-])ccc2Cl)cc1OC. The quantitative estimate of drug-likeness (QED) is 0.121. The molecule has 11 heteroatoms. The number of carbonyl (C=O) groups excluding carboxylic acids is 2. The molecule has 2 atom stereocenters. The minimum absolute atomic E-state index is 0.0544. The van der Waals surface area contributed by atoms with E-state index in [2.05, 4.69) is 5.32 Å². The number of nitrogens with one attached hydrogen (secondary N) is 1. The molecule has 0 bridgehead atoms. The number of Topliss-reactive ketones (excluding diaryl/α,β-unsaturated/α-hetero) is 1. The van der Waals surface area contributed by atoms with E-state index in [1.807, 2.05) is 30.3 Å². The fraction of sp³-hybridized carbons (Fsp3) is 0.273. The molecule has 0 saturated carbocycles. The van der Waals surface area contributed by atoms with Gasteiger partial charge in [-0.15, -0.1) is 0 Å². The molecule has 1 aliphatic heterocycles. The van der Waals surface area contributed by atoms with Crippen molar-refractivity contribution in [3.05, 3.63) is 116 Å². The average Bonchev–Trinajstić information content (AvgIpc) is 3.02. The van der Waals surface area contributed by atoms with Crippen molar-refractivity contribution in [2.75, 3.05) is 27.4 Å². The molecule has 2 aliphatic rings. The number of para-hydroxylation sites is 1. The molecule has 1 N–H and O–H groups in total. The van der Waals surface area contributed by atoms with Crippen molar-refractivity contribution in [3.8, 4) is 17.2 Å². The Balaban J connectivity index is 1.49. The lowest BCUT2D eigenvalue weighted by Crippen LogP contribution is -2.36. The minimum atomic E-state index is -0.972. The van der Waals surface area contributed by atoms with E-state index in [0.29, 0.717) is 40.6 Å². The first-order valence-electron chi connectivity index (χ1n) is 14.0. The van der Waals surface area contributed by atoms with Crippen molar-refractivity contribution in [2.24, 2.45) is 0 Å². The van der Waals surface area contributed by atoms with Crippen molar-refractivity contribution in [3.63, 3.8) is 0 Å². The Labute approximate surface area is 259 Å². The number of rotatable bonds is 10. The number of hydrogen-bond donors (Lipinski definition) is 1. The number of ether oxygens (including phenoxy) is 4. The van der Waals surface area contributed by atoms with Crippen LogP contribution in [0.3, 0.4) is 0 Å². The Morgan fingerprint density at radius 2 is 1.75 bits per heavy atom. The summed E-state index contributed by atoms with van der Waals surface area (Å²) in [5.41, 5.74) is 2.53. The van der Waals surface area contributed by atoms with Gasteiger partial charge in [-0.05, 0) is 60.7 Å². The molecule has 3 aromatic rings. The summed E-state index contributed by atoms with van der Waals surface area (Å²) >= 11 is 6.61. The van der Waals surface area contributed by atoms with Gasteiger partial charge in [-0.2, -0.15) is 0 Å². The second kappa shape index (κ2) is 13.2. The Bertz CT molecular complexity index is 1670. The van der Waals surface area contributed by atoms with Crippen molar-refractivity contribution in [1.82, 2.24) is 5.32 Å². The van der Waals surface area contributed by atoms with Crippen LogP contribution in [0, 0.1) is 10.1 Å². The summed E-state index contributed by atoms with van der Waals surface area (Å²) in [6.07, 6.45) is 0.593. The number of nitro benzene ring substituents is 1. The smallest absolute Gasteiger partial charge is 0.336 e. The number of hydrogen-bond acceptors (Lipinski definition) is 9. The number of methoxy groups -OCH3 is 2. The number of ketones is 1. The fourth-order valence-corrected chi connectivity index (χ4v) is 5.94. The standard InChI is InChI=1S/C33H31ClN2O8/c1-19-30(33(38)44-14-13-43-23-7-5-4-6-8-23)31(24-18-22(36(39)40)10-11-25(24)34)32-26(35-19)15-21(16-27(32)37)20-9-12-28(41-2)29(17-20)42-3/h4-12,17-18,21,31,35H,13-16H2,1-3H3. The highest BCUT2D eigenvalue weighted by Gasteiger charge is 2.42. The molecule has 0 radical (unpaired) electrons. The number of esters is 1. The molecule has 44 heavy (non-hydrogen) atoms. The summed E-state index contributed by atoms with van der Waals surface area (Å²) in [6.45, 7) is 1.77. The van der Waals surface area contributed by atoms with Gasteiger partial charge in [-0.3, -0.25) is 14.9 Å². The maximum absolute atomic E-state index is 14.0. The zero-order chi connectivity index (χ0) is 31.4. The van der Waals surface area contributed by atoms with Crippen molar-refractivity contribution in [1.29, 1.82) is 0 Å². The number of carbonyl (C=O) groups is 2. The lowest BCUT2D eigenvalue weighted by Gasteiger charge is -2.37. The summed E-state index contributed by atoms with van der Waals surface area (Å²) in [5, 5.41) is 15.2. The van der Waals surface area contributed by atoms with Crippen LogP contribution in [0.15, 0.2) is 89.3 Å². The Morgan fingerprint density at radius 3 is 2.45 bits per heavy atom. The average molecular weight is 619 g/mol. The highest BCUT2D eigenvalue weighted by atomic mass is 35.5. The number of allylic oxidation sites excluding steroid dienone is 3. The third-order valence-electron chi connectivity index (χ3n) is 7.76. The van der Waals surface area contributed by atoms with Gasteiger partial charge >= 0.3 is 5.97 Å². The molecule has 10 nitrogen and oxygen atoms in total. The molecule has 0 saturated heterocycles. The van der Waals surface area contributed by atoms with E-state index in [-0.39, 0.29) is 53.2 Å². The highest BCUT2D eigenvalue weighted by molar-refractivity contribution is 6.31. The molecule has 2 unspecified atom stereocenters. The van der Waals surface area contributed by atoms with Gasteiger partial charge < -0.3 is 24.3 Å². The summed E-state index contributed by atoms with van der Waals surface area (Å²) < 4.78 is 22.1. The lowest BCUT2D eigenvalue weighted by molar-refractivity contribution is -0.384. The summed E-state index contributed by atoms with van der Waals surface area (Å²) in [6, 6.07) is 18.7. The fourth-order valence-electron chi connectivity index (χ4n) is 5.72. The number of dihydropyridines is 1. The molecule has 3 aromatic carbocycles. The summed E-state index contributed by atoms with van der Waals surface area (Å²) in [4.78, 5) is 38.7. The lowest BCUT2D eigenvalue weighted by atomic mass is 9.71. The minimum Gasteiger partial charge on any atom is -0.493 e. The largest absolute Gasteiger partial charge is 0.493 e. The van der Waals surface area contributed by atoms with Crippen LogP contribution in [0.5, 0.6) is 17.2 Å². The first-order chi connectivity index (χ1) is 21.2. The van der Waals surface area contributed by atoms with E-state index in [1.54, 1.807) is 39.3 Å². The van der Waals surface area contributed by atoms with Crippen LogP contribution in [-0.2, 0) is 14.3 Å². The van der Waals surface area contributed by atoms with Gasteiger partial charge in [0.15, 0.2) is 17.3 Å². The first-order valence-corrected chi connectivity index (χ1v) is 14.3. The van der Waals surface area contributed by atoms with Gasteiger partial charge in [0, 0.05) is 46.5 Å². The predicted octanol–water partition coefficient (Wildman–Crippen LogP) is 6.25. The van der Waals surface area contributed by atoms with Crippen LogP contribution >= 0.6 is 11.6 Å². The van der Waals surface area contributed by atoms with Crippen LogP contribution in [0.1, 0.15) is 42.7 Å². The number of non-ortho nitro benzene ring substituents is 1. The molecule has 5 rings (SSSR count). The highest BCUT2D eigenvalue weighted by Crippen LogP contribution is 2.48. The Hall–Kier alpha value is -4.83. The number of benzene rings is 3. The molecular weight excluding hydrogens is 588 g/mol. The molecule has 228 valence electrons. The van der Waals surface area contributed by atoms with Crippen LogP contribution in [0.2, 0.25) is 5.02 Å². The number of nitro groups is 1. The second-order valence-electron chi connectivity index (χ2n) is 10.4. The third kappa shape index (κ3) is 6.26. The second-order valence-corrected chi connectivity index (χ2v) is 10.8. The Kier molecular flexibility index (Phi) is 9.20. The van der Waals surface area contributed by atoms with Gasteiger partial charge in [-0.1, -0.05) is 35.9 Å². The number of halogens is 1. The van der Waals surface area contributed by atoms with Crippen molar-refractivity contribution < 1.29 is 33.5 Å². The van der Waals surface area contributed by atoms with E-state index in [9.17, 15) is 19.7 Å². The van der Waals surface area contributed by atoms with E-state index in [0.717, 1.165) is 5.56 Å². The molecule has 0 amide bonds. The topological polar surface area (TPSA) is 126 Å². The van der Waals surface area contributed by atoms with Crippen LogP contribution < -0.4 is 19.5 Å². The first kappa shape index (κ1) is 30.6. The molecule has 0 spiro atoms. The third-order valence-corrected chi connectivity index (χ3v) is 8.10. The predicted molar refractivity (Wildman–Crippen MR) is 163 cm³/mol.